The Balaban J connectivity index is 0.000000224. The van der Waals surface area contributed by atoms with E-state index in [1.165, 1.54) is 47.4 Å². The summed E-state index contributed by atoms with van der Waals surface area (Å²) in [5.41, 5.74) is 0.550. The molecule has 371 valence electrons. The Bertz CT molecular complexity index is 2480. The van der Waals surface area contributed by atoms with E-state index < -0.39 is 66.4 Å². The summed E-state index contributed by atoms with van der Waals surface area (Å²) in [5.74, 6) is -8.28. The predicted molar refractivity (Wildman–Crippen MR) is 267 cm³/mol. The molecule has 0 saturated carbocycles. The van der Waals surface area contributed by atoms with Crippen LogP contribution in [-0.4, -0.2) is 30.3 Å². The summed E-state index contributed by atoms with van der Waals surface area (Å²) < 4.78 is 127. The molecule has 0 fully saturated rings. The number of hydrogen-bond donors (Lipinski definition) is 0. The van der Waals surface area contributed by atoms with E-state index >= 15 is 0 Å². The number of aliphatic imine (C=N–C) groups is 1. The summed E-state index contributed by atoms with van der Waals surface area (Å²) in [7, 11) is -1.000. The zero-order chi connectivity index (χ0) is 50.1. The quantitative estimate of drug-likeness (QED) is 0.0625. The Hall–Kier alpha value is -5.19. The maximum Gasteiger partial charge on any atom is 0.216 e. The third-order valence-electron chi connectivity index (χ3n) is 12.0. The van der Waals surface area contributed by atoms with Crippen molar-refractivity contribution in [3.8, 4) is 0 Å². The average molecular weight is 1160 g/mol. The van der Waals surface area contributed by atoms with Gasteiger partial charge in [0, 0.05) is 55.0 Å². The number of ether oxygens (including phenoxy) is 1. The smallest absolute Gasteiger partial charge is 0.216 e. The predicted octanol–water partition coefficient (Wildman–Crippen LogP) is 12.1. The topological polar surface area (TPSA) is 30.8 Å². The molecular weight excluding hydrogens is 1100 g/mol. The van der Waals surface area contributed by atoms with Crippen LogP contribution in [0.5, 0.6) is 0 Å². The molecule has 8 rings (SSSR count). The molecule has 1 aliphatic heterocycles. The molecule has 70 heavy (non-hydrogen) atoms. The summed E-state index contributed by atoms with van der Waals surface area (Å²) in [6.07, 6.45) is 10.7. The van der Waals surface area contributed by atoms with Crippen LogP contribution in [0.1, 0.15) is 71.4 Å². The van der Waals surface area contributed by atoms with Gasteiger partial charge >= 0.3 is 0 Å². The van der Waals surface area contributed by atoms with Gasteiger partial charge in [0.15, 0.2) is 0 Å². The fraction of sp³-hybridized carbons (Fsp3) is 0.268. The second-order valence-electron chi connectivity index (χ2n) is 18.9. The van der Waals surface area contributed by atoms with Crippen molar-refractivity contribution in [1.82, 2.24) is 0 Å². The van der Waals surface area contributed by atoms with Gasteiger partial charge in [-0.15, -0.1) is 0 Å². The SMILES string of the molecule is C1=C\CC/C=C\CC/1.Cc1ccccc1P(OC(C)(C)C1=N[C@@H](C(C)(C)C)CO1)c1ccccc1C.Fc1cc(F)cc([B-](c2cc(F)cc(F)c2)(c2cc(F)cc(F)c2)c2cc(F)cc(F)c2)c1.[Ir]. The number of allylic oxidation sites excluding steroid dienone is 4. The van der Waals surface area contributed by atoms with Crippen LogP contribution in [-0.2, 0) is 29.4 Å². The van der Waals surface area contributed by atoms with E-state index in [1.54, 1.807) is 0 Å². The first-order valence-electron chi connectivity index (χ1n) is 22.8. The van der Waals surface area contributed by atoms with Gasteiger partial charge in [0.1, 0.15) is 64.9 Å². The van der Waals surface area contributed by atoms with Gasteiger partial charge in [-0.2, -0.15) is 21.9 Å². The first kappa shape index (κ1) is 55.7. The Kier molecular flexibility index (Phi) is 19.3. The summed E-state index contributed by atoms with van der Waals surface area (Å²) >= 11 is 0. The number of benzene rings is 6. The number of rotatable bonds is 9. The van der Waals surface area contributed by atoms with Crippen molar-refractivity contribution in [2.24, 2.45) is 10.4 Å². The van der Waals surface area contributed by atoms with Gasteiger partial charge in [0.25, 0.3) is 0 Å². The van der Waals surface area contributed by atoms with Gasteiger partial charge in [0.2, 0.25) is 5.90 Å². The van der Waals surface area contributed by atoms with E-state index in [4.69, 9.17) is 14.3 Å². The van der Waals surface area contributed by atoms with Gasteiger partial charge in [-0.1, -0.05) is 142 Å². The molecule has 0 saturated heterocycles. The molecule has 6 aromatic carbocycles. The molecule has 1 heterocycles. The van der Waals surface area contributed by atoms with E-state index in [1.807, 2.05) is 0 Å². The van der Waals surface area contributed by atoms with Gasteiger partial charge in [-0.3, -0.25) is 0 Å². The van der Waals surface area contributed by atoms with Crippen LogP contribution in [0.4, 0.5) is 35.1 Å². The van der Waals surface area contributed by atoms with Crippen LogP contribution in [0.2, 0.25) is 0 Å². The molecule has 0 N–H and O–H groups in total. The van der Waals surface area contributed by atoms with Crippen molar-refractivity contribution in [3.05, 3.63) is 203 Å². The van der Waals surface area contributed by atoms with E-state index in [0.29, 0.717) is 36.8 Å². The average Bonchev–Trinajstić information content (AvgIpc) is 3.76. The molecule has 2 aliphatic rings. The Labute approximate surface area is 421 Å². The first-order chi connectivity index (χ1) is 32.7. The Morgan fingerprint density at radius 1 is 0.500 bits per heavy atom. The molecule has 1 atom stereocenters. The van der Waals surface area contributed by atoms with Crippen LogP contribution >= 0.6 is 8.15 Å². The minimum Gasteiger partial charge on any atom is -0.477 e. The minimum atomic E-state index is -3.29. The van der Waals surface area contributed by atoms with Crippen molar-refractivity contribution < 1.29 is 64.5 Å². The minimum absolute atomic E-state index is 0. The van der Waals surface area contributed by atoms with Gasteiger partial charge < -0.3 is 9.26 Å². The second kappa shape index (κ2) is 24.3. The molecule has 1 aliphatic carbocycles. The summed E-state index contributed by atoms with van der Waals surface area (Å²) in [6.45, 7) is 15.7. The van der Waals surface area contributed by atoms with Crippen LogP contribution in [0.3, 0.4) is 0 Å². The van der Waals surface area contributed by atoms with E-state index in [2.05, 4.69) is 121 Å². The van der Waals surface area contributed by atoms with Crippen molar-refractivity contribution in [3.63, 3.8) is 0 Å². The molecule has 6 aromatic rings. The van der Waals surface area contributed by atoms with Gasteiger partial charge in [-0.05, 0) is 69.9 Å². The first-order valence-corrected chi connectivity index (χ1v) is 24.1. The standard InChI is InChI=1S/C24H12BF8.C24H32NO2P.C8H12.Ir/c26-17-1-13(2-18(27)9-17)25(14-3-19(28)10-20(29)4-14,15-5-21(30)11-22(31)6-15)16-7-23(32)12-24(33)8-16;1-17-12-8-10-14-19(17)28(20-15-11-9-13-18(20)2)27-24(6,7)22-25-21(16-26-22)23(3,4)5;1-2-4-6-8-7-5-3-1;/h1-12H;8-15,21H,16H2,1-7H3;1-2,7-8H,3-6H2;/q-1;;;/b;;2-1-,8-7-;/t;21-;;/m.1../s1. The molecule has 0 aromatic heterocycles. The maximum absolute atomic E-state index is 14.3. The fourth-order valence-electron chi connectivity index (χ4n) is 8.54. The molecule has 0 unspecified atom stereocenters. The van der Waals surface area contributed by atoms with Crippen LogP contribution in [0.15, 0.2) is 151 Å². The molecule has 1 radical (unpaired) electrons. The molecule has 0 spiro atoms. The number of hydrogen-bond acceptors (Lipinski definition) is 3. The summed E-state index contributed by atoms with van der Waals surface area (Å²) in [5, 5.41) is 2.48. The molecule has 3 nitrogen and oxygen atoms in total. The Morgan fingerprint density at radius 3 is 1.07 bits per heavy atom. The van der Waals surface area contributed by atoms with Crippen LogP contribution in [0, 0.1) is 65.8 Å². The van der Waals surface area contributed by atoms with E-state index in [-0.39, 0.29) is 53.4 Å². The number of nitrogens with zero attached hydrogens (tertiary/aromatic N) is 1. The van der Waals surface area contributed by atoms with Crippen LogP contribution < -0.4 is 32.5 Å². The summed E-state index contributed by atoms with van der Waals surface area (Å²) in [4.78, 5) is 4.90. The zero-order valence-corrected chi connectivity index (χ0v) is 43.4. The fourth-order valence-corrected chi connectivity index (χ4v) is 10.8. The maximum atomic E-state index is 14.3. The largest absolute Gasteiger partial charge is 0.477 e. The van der Waals surface area contributed by atoms with Crippen molar-refractivity contribution in [2.75, 3.05) is 6.61 Å². The number of aryl methyl sites for hydroxylation is 2. The molecule has 0 amide bonds. The molecular formula is C56H56BF8IrNO2P-. The van der Waals surface area contributed by atoms with Crippen molar-refractivity contribution in [2.45, 2.75) is 85.8 Å². The van der Waals surface area contributed by atoms with Gasteiger partial charge in [0.05, 0.1) is 14.2 Å². The van der Waals surface area contributed by atoms with Crippen LogP contribution in [0.25, 0.3) is 0 Å². The van der Waals surface area contributed by atoms with E-state index in [0.717, 1.165) is 48.5 Å². The zero-order valence-electron chi connectivity index (χ0n) is 40.1. The molecule has 0 bridgehead atoms. The summed E-state index contributed by atoms with van der Waals surface area (Å²) in [6, 6.07) is 25.4. The Morgan fingerprint density at radius 2 is 0.800 bits per heavy atom. The van der Waals surface area contributed by atoms with Crippen molar-refractivity contribution in [1.29, 1.82) is 0 Å². The normalized spacial score (nSPS) is 15.7. The van der Waals surface area contributed by atoms with Crippen molar-refractivity contribution >= 4 is 52.7 Å². The third kappa shape index (κ3) is 14.0. The third-order valence-corrected chi connectivity index (χ3v) is 14.5. The second-order valence-corrected chi connectivity index (χ2v) is 20.6. The van der Waals surface area contributed by atoms with Gasteiger partial charge in [-0.25, -0.2) is 40.1 Å². The monoisotopic (exact) mass is 1160 g/mol. The van der Waals surface area contributed by atoms with E-state index in [9.17, 15) is 35.1 Å². The number of halogens is 8. The molecule has 14 heteroatoms.